The highest BCUT2D eigenvalue weighted by Gasteiger charge is 2.04. The van der Waals surface area contributed by atoms with E-state index < -0.39 is 0 Å². The molecular formula is C18H12ClNS. The molecule has 102 valence electrons. The van der Waals surface area contributed by atoms with E-state index in [9.17, 15) is 0 Å². The smallest absolute Gasteiger partial charge is 0.0991 e. The number of halogens is 1. The van der Waals surface area contributed by atoms with E-state index in [1.54, 1.807) is 11.3 Å². The predicted octanol–water partition coefficient (Wildman–Crippen LogP) is 5.53. The van der Waals surface area contributed by atoms with Crippen molar-refractivity contribution in [1.29, 1.82) is 5.26 Å². The molecule has 1 aromatic heterocycles. The summed E-state index contributed by atoms with van der Waals surface area (Å²) < 4.78 is 0. The van der Waals surface area contributed by atoms with Crippen molar-refractivity contribution in [2.45, 2.75) is 6.42 Å². The van der Waals surface area contributed by atoms with Gasteiger partial charge in [0.15, 0.2) is 0 Å². The van der Waals surface area contributed by atoms with E-state index in [0.29, 0.717) is 5.56 Å². The first-order valence-corrected chi connectivity index (χ1v) is 7.78. The molecule has 0 spiro atoms. The van der Waals surface area contributed by atoms with Gasteiger partial charge in [0.25, 0.3) is 0 Å². The maximum Gasteiger partial charge on any atom is 0.0991 e. The fraction of sp³-hybridized carbons (Fsp3) is 0.0556. The summed E-state index contributed by atoms with van der Waals surface area (Å²) in [5, 5.41) is 9.61. The molecule has 0 bridgehead atoms. The molecule has 3 heteroatoms. The molecule has 0 aliphatic heterocycles. The molecule has 2 aromatic carbocycles. The molecule has 0 atom stereocenters. The summed E-state index contributed by atoms with van der Waals surface area (Å²) in [7, 11) is 0. The Hall–Kier alpha value is -2.08. The largest absolute Gasteiger partial charge is 0.192 e. The second kappa shape index (κ2) is 6.13. The van der Waals surface area contributed by atoms with E-state index in [1.165, 1.54) is 15.3 Å². The highest BCUT2D eigenvalue weighted by Crippen LogP contribution is 2.29. The molecule has 0 unspecified atom stereocenters. The lowest BCUT2D eigenvalue weighted by atomic mass is 10.1. The summed E-state index contributed by atoms with van der Waals surface area (Å²) in [6.07, 6.45) is 0.890. The number of benzene rings is 2. The first-order chi connectivity index (χ1) is 10.2. The van der Waals surface area contributed by atoms with E-state index in [4.69, 9.17) is 16.9 Å². The number of hydrogen-bond acceptors (Lipinski definition) is 2. The Morgan fingerprint density at radius 3 is 2.52 bits per heavy atom. The van der Waals surface area contributed by atoms with Crippen molar-refractivity contribution >= 4 is 22.9 Å². The lowest BCUT2D eigenvalue weighted by Gasteiger charge is -2.00. The molecule has 21 heavy (non-hydrogen) atoms. The van der Waals surface area contributed by atoms with E-state index in [1.807, 2.05) is 42.5 Å². The van der Waals surface area contributed by atoms with Gasteiger partial charge in [-0.2, -0.15) is 5.26 Å². The molecule has 0 saturated heterocycles. The SMILES string of the molecule is N#Cc1ccc(-c2ccc(Cc3cccc(Cl)c3)s2)cc1. The number of nitrogens with zero attached hydrogens (tertiary/aromatic N) is 1. The lowest BCUT2D eigenvalue weighted by Crippen LogP contribution is -1.83. The maximum absolute atomic E-state index is 8.83. The summed E-state index contributed by atoms with van der Waals surface area (Å²) in [5.74, 6) is 0. The molecule has 1 heterocycles. The van der Waals surface area contributed by atoms with Crippen LogP contribution in [-0.4, -0.2) is 0 Å². The average Bonchev–Trinajstić information content (AvgIpc) is 2.96. The van der Waals surface area contributed by atoms with Crippen LogP contribution in [0.25, 0.3) is 10.4 Å². The third-order valence-electron chi connectivity index (χ3n) is 3.23. The summed E-state index contributed by atoms with van der Waals surface area (Å²) in [6.45, 7) is 0. The number of thiophene rings is 1. The fourth-order valence-electron chi connectivity index (χ4n) is 2.19. The summed E-state index contributed by atoms with van der Waals surface area (Å²) >= 11 is 7.79. The predicted molar refractivity (Wildman–Crippen MR) is 88.7 cm³/mol. The van der Waals surface area contributed by atoms with Crippen LogP contribution in [0.5, 0.6) is 0 Å². The molecular weight excluding hydrogens is 298 g/mol. The van der Waals surface area contributed by atoms with Gasteiger partial charge in [0.2, 0.25) is 0 Å². The summed E-state index contributed by atoms with van der Waals surface area (Å²) in [5.41, 5.74) is 3.06. The van der Waals surface area contributed by atoms with Crippen molar-refractivity contribution in [3.8, 4) is 16.5 Å². The van der Waals surface area contributed by atoms with Gasteiger partial charge >= 0.3 is 0 Å². The van der Waals surface area contributed by atoms with Crippen LogP contribution in [0.1, 0.15) is 16.0 Å². The Bertz CT molecular complexity index is 797. The topological polar surface area (TPSA) is 23.8 Å². The summed E-state index contributed by atoms with van der Waals surface area (Å²) in [6, 6.07) is 22.1. The third-order valence-corrected chi connectivity index (χ3v) is 4.60. The van der Waals surface area contributed by atoms with Crippen LogP contribution in [0.3, 0.4) is 0 Å². The van der Waals surface area contributed by atoms with Crippen molar-refractivity contribution in [2.75, 3.05) is 0 Å². The first kappa shape index (κ1) is 13.9. The number of nitriles is 1. The molecule has 0 amide bonds. The Morgan fingerprint density at radius 1 is 1.00 bits per heavy atom. The molecule has 3 aromatic rings. The normalized spacial score (nSPS) is 10.3. The maximum atomic E-state index is 8.83. The number of rotatable bonds is 3. The molecule has 0 radical (unpaired) electrons. The first-order valence-electron chi connectivity index (χ1n) is 6.58. The minimum atomic E-state index is 0.689. The zero-order chi connectivity index (χ0) is 14.7. The highest BCUT2D eigenvalue weighted by molar-refractivity contribution is 7.15. The van der Waals surface area contributed by atoms with Gasteiger partial charge in [-0.1, -0.05) is 35.9 Å². The minimum absolute atomic E-state index is 0.689. The molecule has 0 aliphatic rings. The van der Waals surface area contributed by atoms with Crippen LogP contribution >= 0.6 is 22.9 Å². The Balaban J connectivity index is 1.81. The van der Waals surface area contributed by atoms with Crippen molar-refractivity contribution in [3.05, 3.63) is 81.7 Å². The third kappa shape index (κ3) is 3.33. The van der Waals surface area contributed by atoms with E-state index in [0.717, 1.165) is 17.0 Å². The summed E-state index contributed by atoms with van der Waals surface area (Å²) in [4.78, 5) is 2.52. The molecule has 0 saturated carbocycles. The molecule has 0 N–H and O–H groups in total. The second-order valence-electron chi connectivity index (χ2n) is 4.76. The lowest BCUT2D eigenvalue weighted by molar-refractivity contribution is 1.24. The van der Waals surface area contributed by atoms with Gasteiger partial charge in [0.05, 0.1) is 11.6 Å². The Morgan fingerprint density at radius 2 is 1.81 bits per heavy atom. The zero-order valence-corrected chi connectivity index (χ0v) is 12.8. The van der Waals surface area contributed by atoms with Gasteiger partial charge in [0, 0.05) is 21.2 Å². The van der Waals surface area contributed by atoms with Crippen LogP contribution in [0.4, 0.5) is 0 Å². The quantitative estimate of drug-likeness (QED) is 0.624. The minimum Gasteiger partial charge on any atom is -0.192 e. The van der Waals surface area contributed by atoms with Gasteiger partial charge in [0.1, 0.15) is 0 Å². The van der Waals surface area contributed by atoms with Gasteiger partial charge in [-0.25, -0.2) is 0 Å². The van der Waals surface area contributed by atoms with Crippen LogP contribution in [0, 0.1) is 11.3 Å². The van der Waals surface area contributed by atoms with Gasteiger partial charge < -0.3 is 0 Å². The van der Waals surface area contributed by atoms with Crippen LogP contribution in [0.15, 0.2) is 60.7 Å². The fourth-order valence-corrected chi connectivity index (χ4v) is 3.45. The van der Waals surface area contributed by atoms with Crippen molar-refractivity contribution in [1.82, 2.24) is 0 Å². The van der Waals surface area contributed by atoms with E-state index >= 15 is 0 Å². The van der Waals surface area contributed by atoms with E-state index in [-0.39, 0.29) is 0 Å². The molecule has 1 nitrogen and oxygen atoms in total. The zero-order valence-electron chi connectivity index (χ0n) is 11.2. The Kier molecular flexibility index (Phi) is 4.06. The van der Waals surface area contributed by atoms with Gasteiger partial charge in [-0.3, -0.25) is 0 Å². The number of hydrogen-bond donors (Lipinski definition) is 0. The average molecular weight is 310 g/mol. The van der Waals surface area contributed by atoms with E-state index in [2.05, 4.69) is 24.3 Å². The van der Waals surface area contributed by atoms with Crippen LogP contribution in [-0.2, 0) is 6.42 Å². The van der Waals surface area contributed by atoms with Crippen molar-refractivity contribution in [3.63, 3.8) is 0 Å². The second-order valence-corrected chi connectivity index (χ2v) is 6.37. The van der Waals surface area contributed by atoms with Crippen molar-refractivity contribution in [2.24, 2.45) is 0 Å². The monoisotopic (exact) mass is 309 g/mol. The highest BCUT2D eigenvalue weighted by atomic mass is 35.5. The van der Waals surface area contributed by atoms with Gasteiger partial charge in [-0.05, 0) is 47.5 Å². The Labute approximate surface area is 133 Å². The van der Waals surface area contributed by atoms with Crippen LogP contribution in [0.2, 0.25) is 5.02 Å². The molecule has 0 fully saturated rings. The van der Waals surface area contributed by atoms with Crippen molar-refractivity contribution < 1.29 is 0 Å². The van der Waals surface area contributed by atoms with Gasteiger partial charge in [-0.15, -0.1) is 11.3 Å². The standard InChI is InChI=1S/C18H12ClNS/c19-16-3-1-2-14(10-16)11-17-8-9-18(21-17)15-6-4-13(12-20)5-7-15/h1-10H,11H2. The molecule has 3 rings (SSSR count). The van der Waals surface area contributed by atoms with Crippen LogP contribution < -0.4 is 0 Å². The molecule has 0 aliphatic carbocycles.